The summed E-state index contributed by atoms with van der Waals surface area (Å²) in [5, 5.41) is 15.8. The molecule has 0 amide bonds. The van der Waals surface area contributed by atoms with Gasteiger partial charge in [-0.1, -0.05) is 11.6 Å². The predicted molar refractivity (Wildman–Crippen MR) is 82.2 cm³/mol. The molecule has 7 heteroatoms. The summed E-state index contributed by atoms with van der Waals surface area (Å²) < 4.78 is 5.34. The van der Waals surface area contributed by atoms with Crippen molar-refractivity contribution in [3.63, 3.8) is 0 Å². The zero-order chi connectivity index (χ0) is 15.2. The molecule has 0 bridgehead atoms. The van der Waals surface area contributed by atoms with Crippen LogP contribution < -0.4 is 15.4 Å². The maximum absolute atomic E-state index is 9.14. The van der Waals surface area contributed by atoms with Crippen molar-refractivity contribution in [1.82, 2.24) is 9.97 Å². The van der Waals surface area contributed by atoms with Crippen LogP contribution in [0.1, 0.15) is 12.5 Å². The van der Waals surface area contributed by atoms with Crippen LogP contribution in [0.3, 0.4) is 0 Å². The van der Waals surface area contributed by atoms with Crippen molar-refractivity contribution in [1.29, 1.82) is 5.26 Å². The molecule has 0 aliphatic carbocycles. The number of nitriles is 1. The van der Waals surface area contributed by atoms with Crippen LogP contribution >= 0.6 is 11.6 Å². The number of rotatable bonds is 5. The molecule has 6 nitrogen and oxygen atoms in total. The summed E-state index contributed by atoms with van der Waals surface area (Å²) in [6, 6.07) is 7.06. The number of nitrogens with zero attached hydrogens (tertiary/aromatic N) is 3. The fourth-order valence-corrected chi connectivity index (χ4v) is 1.97. The van der Waals surface area contributed by atoms with Gasteiger partial charge in [-0.05, 0) is 25.1 Å². The summed E-state index contributed by atoms with van der Waals surface area (Å²) in [5.41, 5.74) is 1.02. The molecule has 0 fully saturated rings. The number of hydrogen-bond donors (Lipinski definition) is 2. The smallest absolute Gasteiger partial charge is 0.204 e. The normalized spacial score (nSPS) is 9.81. The highest BCUT2D eigenvalue weighted by atomic mass is 35.5. The molecule has 0 unspecified atom stereocenters. The Hall–Kier alpha value is -2.52. The summed E-state index contributed by atoms with van der Waals surface area (Å²) in [4.78, 5) is 8.28. The third-order valence-corrected chi connectivity index (χ3v) is 2.94. The zero-order valence-corrected chi connectivity index (χ0v) is 12.4. The molecule has 0 aliphatic heterocycles. The minimum Gasteiger partial charge on any atom is -0.490 e. The second-order valence-corrected chi connectivity index (χ2v) is 4.50. The number of halogens is 1. The molecule has 0 atom stereocenters. The molecule has 0 saturated heterocycles. The van der Waals surface area contributed by atoms with Crippen molar-refractivity contribution in [2.75, 3.05) is 24.3 Å². The Kier molecular flexibility index (Phi) is 4.80. The fourth-order valence-electron chi connectivity index (χ4n) is 1.79. The van der Waals surface area contributed by atoms with Crippen LogP contribution in [0.5, 0.6) is 5.75 Å². The molecule has 0 saturated carbocycles. The number of benzene rings is 1. The van der Waals surface area contributed by atoms with E-state index in [1.807, 2.05) is 6.92 Å². The first kappa shape index (κ1) is 14.9. The topological polar surface area (TPSA) is 82.9 Å². The van der Waals surface area contributed by atoms with Crippen LogP contribution in [0.15, 0.2) is 24.5 Å². The standard InChI is InChI=1S/C14H14ClN5O/c1-3-17-13-12(21-2)14(19-8-18-13)20-11-6-10(15)5-4-9(11)7-16/h4-6,8H,3H2,1-2H3,(H2,17,18,19,20). The fraction of sp³-hybridized carbons (Fsp3) is 0.214. The Balaban J connectivity index is 2.42. The van der Waals surface area contributed by atoms with E-state index in [0.29, 0.717) is 40.2 Å². The van der Waals surface area contributed by atoms with Crippen LogP contribution in [-0.2, 0) is 0 Å². The number of ether oxygens (including phenoxy) is 1. The molecule has 108 valence electrons. The molecule has 1 heterocycles. The number of methoxy groups -OCH3 is 1. The lowest BCUT2D eigenvalue weighted by Gasteiger charge is -2.14. The largest absolute Gasteiger partial charge is 0.490 e. The Bertz CT molecular complexity index is 684. The van der Waals surface area contributed by atoms with E-state index in [1.54, 1.807) is 18.2 Å². The van der Waals surface area contributed by atoms with Crippen molar-refractivity contribution in [3.8, 4) is 11.8 Å². The Morgan fingerprint density at radius 2 is 2.10 bits per heavy atom. The van der Waals surface area contributed by atoms with Crippen molar-refractivity contribution in [2.45, 2.75) is 6.92 Å². The van der Waals surface area contributed by atoms with Crippen LogP contribution in [-0.4, -0.2) is 23.6 Å². The van der Waals surface area contributed by atoms with E-state index < -0.39 is 0 Å². The maximum Gasteiger partial charge on any atom is 0.204 e. The van der Waals surface area contributed by atoms with Gasteiger partial charge in [-0.2, -0.15) is 5.26 Å². The minimum atomic E-state index is 0.460. The average Bonchev–Trinajstić information content (AvgIpc) is 2.48. The molecule has 2 N–H and O–H groups in total. The molecule has 0 radical (unpaired) electrons. The second-order valence-electron chi connectivity index (χ2n) is 4.06. The van der Waals surface area contributed by atoms with Crippen molar-refractivity contribution in [2.24, 2.45) is 0 Å². The molecule has 0 aliphatic rings. The van der Waals surface area contributed by atoms with E-state index in [1.165, 1.54) is 13.4 Å². The lowest BCUT2D eigenvalue weighted by atomic mass is 10.2. The Labute approximate surface area is 127 Å². The van der Waals surface area contributed by atoms with Gasteiger partial charge in [-0.25, -0.2) is 9.97 Å². The molecule has 2 aromatic rings. The van der Waals surface area contributed by atoms with Crippen molar-refractivity contribution in [3.05, 3.63) is 35.1 Å². The number of anilines is 3. The third-order valence-electron chi connectivity index (χ3n) is 2.71. The Morgan fingerprint density at radius 1 is 1.33 bits per heavy atom. The highest BCUT2D eigenvalue weighted by Gasteiger charge is 2.13. The van der Waals surface area contributed by atoms with Gasteiger partial charge in [0.1, 0.15) is 12.4 Å². The van der Waals surface area contributed by atoms with E-state index >= 15 is 0 Å². The van der Waals surface area contributed by atoms with E-state index in [2.05, 4.69) is 26.7 Å². The first-order chi connectivity index (χ1) is 10.2. The van der Waals surface area contributed by atoms with Gasteiger partial charge in [0.2, 0.25) is 5.75 Å². The molecule has 1 aromatic carbocycles. The van der Waals surface area contributed by atoms with Gasteiger partial charge in [0.05, 0.1) is 18.4 Å². The first-order valence-corrected chi connectivity index (χ1v) is 6.67. The number of aromatic nitrogens is 2. The van der Waals surface area contributed by atoms with Crippen molar-refractivity contribution >= 4 is 28.9 Å². The molecule has 2 rings (SSSR count). The highest BCUT2D eigenvalue weighted by molar-refractivity contribution is 6.30. The average molecular weight is 304 g/mol. The predicted octanol–water partition coefficient (Wildman–Crippen LogP) is 3.19. The first-order valence-electron chi connectivity index (χ1n) is 6.29. The highest BCUT2D eigenvalue weighted by Crippen LogP contribution is 2.32. The summed E-state index contributed by atoms with van der Waals surface area (Å²) >= 11 is 5.97. The monoisotopic (exact) mass is 303 g/mol. The van der Waals surface area contributed by atoms with Crippen LogP contribution in [0, 0.1) is 11.3 Å². The van der Waals surface area contributed by atoms with E-state index in [-0.39, 0.29) is 0 Å². The quantitative estimate of drug-likeness (QED) is 0.882. The molecular formula is C14H14ClN5O. The summed E-state index contributed by atoms with van der Waals surface area (Å²) in [5.74, 6) is 1.52. The lowest BCUT2D eigenvalue weighted by Crippen LogP contribution is -2.06. The van der Waals surface area contributed by atoms with Gasteiger partial charge in [-0.3, -0.25) is 0 Å². The summed E-state index contributed by atoms with van der Waals surface area (Å²) in [6.45, 7) is 2.66. The molecule has 1 aromatic heterocycles. The van der Waals surface area contributed by atoms with Gasteiger partial charge in [0.25, 0.3) is 0 Å². The van der Waals surface area contributed by atoms with Gasteiger partial charge < -0.3 is 15.4 Å². The number of nitrogens with one attached hydrogen (secondary N) is 2. The van der Waals surface area contributed by atoms with Crippen LogP contribution in [0.25, 0.3) is 0 Å². The zero-order valence-electron chi connectivity index (χ0n) is 11.6. The maximum atomic E-state index is 9.14. The summed E-state index contributed by atoms with van der Waals surface area (Å²) in [6.07, 6.45) is 1.42. The van der Waals surface area contributed by atoms with E-state index in [9.17, 15) is 0 Å². The third kappa shape index (κ3) is 3.33. The lowest BCUT2D eigenvalue weighted by molar-refractivity contribution is 0.415. The molecule has 0 spiro atoms. The van der Waals surface area contributed by atoms with Gasteiger partial charge in [0.15, 0.2) is 11.6 Å². The summed E-state index contributed by atoms with van der Waals surface area (Å²) in [7, 11) is 1.54. The Morgan fingerprint density at radius 3 is 2.76 bits per heavy atom. The number of hydrogen-bond acceptors (Lipinski definition) is 6. The van der Waals surface area contributed by atoms with Gasteiger partial charge >= 0.3 is 0 Å². The molecular weight excluding hydrogens is 290 g/mol. The SMILES string of the molecule is CCNc1ncnc(Nc2cc(Cl)ccc2C#N)c1OC. The van der Waals surface area contributed by atoms with Crippen LogP contribution in [0.4, 0.5) is 17.3 Å². The second kappa shape index (κ2) is 6.77. The van der Waals surface area contributed by atoms with E-state index in [4.69, 9.17) is 21.6 Å². The van der Waals surface area contributed by atoms with Gasteiger partial charge in [0, 0.05) is 11.6 Å². The minimum absolute atomic E-state index is 0.460. The van der Waals surface area contributed by atoms with E-state index in [0.717, 1.165) is 0 Å². The van der Waals surface area contributed by atoms with Crippen molar-refractivity contribution < 1.29 is 4.74 Å². The van der Waals surface area contributed by atoms with Crippen LogP contribution in [0.2, 0.25) is 5.02 Å². The van der Waals surface area contributed by atoms with Gasteiger partial charge in [-0.15, -0.1) is 0 Å². The molecule has 21 heavy (non-hydrogen) atoms.